The van der Waals surface area contributed by atoms with Gasteiger partial charge in [-0.2, -0.15) is 10.4 Å². The molecule has 1 amide bonds. The standard InChI is InChI=1S/C21H21N5O9/c1-4-35-15(27)11-23-17-14(9-22)19(28)25(18(21(30)34-3)16(17)20(29)33-2)24-10-12-5-7-13(8-6-12)26(31)32/h5-8,10,14,18,23H,4,11H2,1-3H3/b24-10+. The van der Waals surface area contributed by atoms with Crippen LogP contribution < -0.4 is 5.32 Å². The third-order valence-corrected chi connectivity index (χ3v) is 4.69. The summed E-state index contributed by atoms with van der Waals surface area (Å²) >= 11 is 0. The number of nitrogens with one attached hydrogen (secondary N) is 1. The third-order valence-electron chi connectivity index (χ3n) is 4.69. The minimum absolute atomic E-state index is 0.0694. The molecule has 184 valence electrons. The van der Waals surface area contributed by atoms with Gasteiger partial charge in [0.1, 0.15) is 6.54 Å². The van der Waals surface area contributed by atoms with E-state index in [1.54, 1.807) is 13.0 Å². The number of nitriles is 1. The molecule has 2 rings (SSSR count). The van der Waals surface area contributed by atoms with Gasteiger partial charge in [0, 0.05) is 12.1 Å². The topological polar surface area (TPSA) is 191 Å². The van der Waals surface area contributed by atoms with Crippen LogP contribution in [0.1, 0.15) is 12.5 Å². The minimum atomic E-state index is -1.76. The molecule has 2 atom stereocenters. The summed E-state index contributed by atoms with van der Waals surface area (Å²) in [5, 5.41) is 27.6. The van der Waals surface area contributed by atoms with E-state index in [1.807, 2.05) is 0 Å². The van der Waals surface area contributed by atoms with Crippen molar-refractivity contribution in [3.8, 4) is 6.07 Å². The van der Waals surface area contributed by atoms with Crippen LogP contribution in [-0.2, 0) is 33.4 Å². The van der Waals surface area contributed by atoms with Crippen LogP contribution >= 0.6 is 0 Å². The SMILES string of the molecule is CCOC(=O)CNC1=C(C(=O)OC)C(C(=O)OC)N(/N=C/c2ccc([N+](=O)[O-])cc2)C(=O)C1C#N. The van der Waals surface area contributed by atoms with Crippen LogP contribution in [0.15, 0.2) is 40.6 Å². The Bertz CT molecular complexity index is 1120. The summed E-state index contributed by atoms with van der Waals surface area (Å²) in [5.41, 5.74) is -0.651. The molecule has 1 heterocycles. The van der Waals surface area contributed by atoms with Crippen LogP contribution in [-0.4, -0.2) is 73.4 Å². The molecule has 1 N–H and O–H groups in total. The summed E-state index contributed by atoms with van der Waals surface area (Å²) in [6, 6.07) is 5.05. The summed E-state index contributed by atoms with van der Waals surface area (Å²) in [7, 11) is 2.04. The maximum absolute atomic E-state index is 13.1. The predicted octanol–water partition coefficient (Wildman–Crippen LogP) is 0.0321. The molecular weight excluding hydrogens is 466 g/mol. The lowest BCUT2D eigenvalue weighted by atomic mass is 9.90. The van der Waals surface area contributed by atoms with E-state index in [9.17, 15) is 34.6 Å². The molecule has 1 aromatic carbocycles. The van der Waals surface area contributed by atoms with E-state index in [2.05, 4.69) is 10.4 Å². The lowest BCUT2D eigenvalue weighted by Gasteiger charge is -2.34. The molecule has 14 nitrogen and oxygen atoms in total. The molecule has 0 fully saturated rings. The van der Waals surface area contributed by atoms with Gasteiger partial charge in [0.25, 0.3) is 11.6 Å². The highest BCUT2D eigenvalue weighted by Crippen LogP contribution is 2.30. The molecule has 0 spiro atoms. The zero-order chi connectivity index (χ0) is 26.1. The van der Waals surface area contributed by atoms with Crippen molar-refractivity contribution in [3.05, 3.63) is 51.2 Å². The smallest absolute Gasteiger partial charge is 0.338 e. The fourth-order valence-corrected chi connectivity index (χ4v) is 3.10. The van der Waals surface area contributed by atoms with Gasteiger partial charge in [0.05, 0.1) is 49.3 Å². The molecule has 0 bridgehead atoms. The van der Waals surface area contributed by atoms with E-state index >= 15 is 0 Å². The van der Waals surface area contributed by atoms with Crippen molar-refractivity contribution >= 4 is 35.7 Å². The molecule has 1 aromatic rings. The molecule has 0 aliphatic carbocycles. The normalized spacial score (nSPS) is 17.5. The number of hydrogen-bond acceptors (Lipinski definition) is 12. The zero-order valence-electron chi connectivity index (χ0n) is 18.9. The Labute approximate surface area is 198 Å². The van der Waals surface area contributed by atoms with Crippen molar-refractivity contribution in [1.82, 2.24) is 10.3 Å². The molecule has 1 aliphatic heterocycles. The second-order valence-electron chi connectivity index (χ2n) is 6.74. The Hall–Kier alpha value is -4.80. The number of nitro groups is 1. The van der Waals surface area contributed by atoms with E-state index in [-0.39, 0.29) is 18.0 Å². The highest BCUT2D eigenvalue weighted by Gasteiger charge is 2.49. The van der Waals surface area contributed by atoms with Gasteiger partial charge in [-0.25, -0.2) is 14.6 Å². The maximum Gasteiger partial charge on any atom is 0.338 e. The van der Waals surface area contributed by atoms with Crippen LogP contribution in [0, 0.1) is 27.4 Å². The van der Waals surface area contributed by atoms with Crippen molar-refractivity contribution in [3.63, 3.8) is 0 Å². The molecule has 0 saturated carbocycles. The highest BCUT2D eigenvalue weighted by atomic mass is 16.6. The Morgan fingerprint density at radius 3 is 2.43 bits per heavy atom. The quantitative estimate of drug-likeness (QED) is 0.162. The van der Waals surface area contributed by atoms with Crippen LogP contribution in [0.25, 0.3) is 0 Å². The van der Waals surface area contributed by atoms with Gasteiger partial charge in [-0.3, -0.25) is 19.7 Å². The van der Waals surface area contributed by atoms with Gasteiger partial charge in [0.15, 0.2) is 12.0 Å². The van der Waals surface area contributed by atoms with Gasteiger partial charge in [-0.15, -0.1) is 0 Å². The van der Waals surface area contributed by atoms with Gasteiger partial charge in [0.2, 0.25) is 0 Å². The number of amides is 1. The Morgan fingerprint density at radius 2 is 1.91 bits per heavy atom. The zero-order valence-corrected chi connectivity index (χ0v) is 18.9. The first-order chi connectivity index (χ1) is 16.7. The van der Waals surface area contributed by atoms with Crippen molar-refractivity contribution in [2.24, 2.45) is 11.0 Å². The predicted molar refractivity (Wildman–Crippen MR) is 116 cm³/mol. The number of ether oxygens (including phenoxy) is 3. The highest BCUT2D eigenvalue weighted by molar-refractivity contribution is 6.04. The van der Waals surface area contributed by atoms with Crippen LogP contribution in [0.4, 0.5) is 5.69 Å². The number of hydrazone groups is 1. The fraction of sp³-hybridized carbons (Fsp3) is 0.333. The summed E-state index contributed by atoms with van der Waals surface area (Å²) in [6.07, 6.45) is 1.11. The summed E-state index contributed by atoms with van der Waals surface area (Å²) in [6.45, 7) is 1.14. The van der Waals surface area contributed by atoms with E-state index in [0.717, 1.165) is 20.4 Å². The van der Waals surface area contributed by atoms with Crippen LogP contribution in [0.3, 0.4) is 0 Å². The van der Waals surface area contributed by atoms with Crippen LogP contribution in [0.2, 0.25) is 0 Å². The number of esters is 3. The lowest BCUT2D eigenvalue weighted by Crippen LogP contribution is -2.54. The van der Waals surface area contributed by atoms with Crippen LogP contribution in [0.5, 0.6) is 0 Å². The molecule has 0 saturated heterocycles. The number of nitro benzene ring substituents is 1. The summed E-state index contributed by atoms with van der Waals surface area (Å²) in [5.74, 6) is -5.54. The number of non-ortho nitro benzene ring substituents is 1. The van der Waals surface area contributed by atoms with Gasteiger partial charge in [-0.05, 0) is 24.6 Å². The molecule has 0 radical (unpaired) electrons. The summed E-state index contributed by atoms with van der Waals surface area (Å²) < 4.78 is 14.3. The average molecular weight is 487 g/mol. The van der Waals surface area contributed by atoms with Gasteiger partial charge < -0.3 is 19.5 Å². The number of carbonyl (C=O) groups excluding carboxylic acids is 4. The number of benzene rings is 1. The van der Waals surface area contributed by atoms with Crippen molar-refractivity contribution in [1.29, 1.82) is 5.26 Å². The summed E-state index contributed by atoms with van der Waals surface area (Å²) in [4.78, 5) is 60.5. The van der Waals surface area contributed by atoms with E-state index in [0.29, 0.717) is 10.6 Å². The van der Waals surface area contributed by atoms with Crippen molar-refractivity contribution in [2.75, 3.05) is 27.4 Å². The third kappa shape index (κ3) is 5.96. The molecule has 2 unspecified atom stereocenters. The van der Waals surface area contributed by atoms with Gasteiger partial charge >= 0.3 is 17.9 Å². The second kappa shape index (κ2) is 11.9. The monoisotopic (exact) mass is 487 g/mol. The number of hydrogen-bond donors (Lipinski definition) is 1. The van der Waals surface area contributed by atoms with Crippen molar-refractivity contribution in [2.45, 2.75) is 13.0 Å². The molecule has 14 heteroatoms. The second-order valence-corrected chi connectivity index (χ2v) is 6.74. The first kappa shape index (κ1) is 26.5. The number of rotatable bonds is 9. The van der Waals surface area contributed by atoms with E-state index in [4.69, 9.17) is 14.2 Å². The fourth-order valence-electron chi connectivity index (χ4n) is 3.10. The van der Waals surface area contributed by atoms with E-state index in [1.165, 1.54) is 24.3 Å². The number of nitrogens with zero attached hydrogens (tertiary/aromatic N) is 4. The first-order valence-electron chi connectivity index (χ1n) is 10.0. The molecule has 1 aliphatic rings. The Balaban J connectivity index is 2.59. The molecular formula is C21H21N5O9. The van der Waals surface area contributed by atoms with E-state index < -0.39 is 52.8 Å². The van der Waals surface area contributed by atoms with Gasteiger partial charge in [-0.1, -0.05) is 0 Å². The Morgan fingerprint density at radius 1 is 1.26 bits per heavy atom. The Kier molecular flexibility index (Phi) is 8.98. The lowest BCUT2D eigenvalue weighted by molar-refractivity contribution is -0.384. The number of methoxy groups -OCH3 is 2. The van der Waals surface area contributed by atoms with Crippen molar-refractivity contribution < 1.29 is 38.3 Å². The minimum Gasteiger partial charge on any atom is -0.467 e. The molecule has 0 aromatic heterocycles. The first-order valence-corrected chi connectivity index (χ1v) is 10.0. The average Bonchev–Trinajstić information content (AvgIpc) is 2.85. The largest absolute Gasteiger partial charge is 0.467 e. The number of carbonyl (C=O) groups is 4. The molecule has 35 heavy (non-hydrogen) atoms. The maximum atomic E-state index is 13.1.